The molecule has 0 spiro atoms. The minimum absolute atomic E-state index is 0.0255. The molecule has 1 aliphatic rings. The maximum Gasteiger partial charge on any atom is 0.277 e. The molecule has 4 aromatic rings. The van der Waals surface area contributed by atoms with Crippen molar-refractivity contribution in [2.75, 3.05) is 31.1 Å². The van der Waals surface area contributed by atoms with Crippen LogP contribution in [-0.4, -0.2) is 51.1 Å². The van der Waals surface area contributed by atoms with Gasteiger partial charge in [-0.05, 0) is 24.1 Å². The summed E-state index contributed by atoms with van der Waals surface area (Å²) < 4.78 is 3.47. The van der Waals surface area contributed by atoms with E-state index in [0.29, 0.717) is 30.7 Å². The molecule has 35 heavy (non-hydrogen) atoms. The fourth-order valence-electron chi connectivity index (χ4n) is 4.76. The van der Waals surface area contributed by atoms with Gasteiger partial charge in [0.1, 0.15) is 17.6 Å². The van der Waals surface area contributed by atoms with Crippen LogP contribution < -0.4 is 10.5 Å². The number of anilines is 1. The summed E-state index contributed by atoms with van der Waals surface area (Å²) in [5.41, 5.74) is 4.10. The summed E-state index contributed by atoms with van der Waals surface area (Å²) >= 11 is 0. The molecule has 7 nitrogen and oxygen atoms in total. The number of carbonyl (C=O) groups excluding carboxylic acids is 1. The van der Waals surface area contributed by atoms with Gasteiger partial charge >= 0.3 is 0 Å². The van der Waals surface area contributed by atoms with Crippen LogP contribution >= 0.6 is 0 Å². The van der Waals surface area contributed by atoms with E-state index in [0.717, 1.165) is 37.1 Å². The second-order valence-corrected chi connectivity index (χ2v) is 9.03. The zero-order chi connectivity index (χ0) is 24.2. The van der Waals surface area contributed by atoms with Crippen molar-refractivity contribution in [2.24, 2.45) is 0 Å². The Kier molecular flexibility index (Phi) is 6.66. The molecule has 0 saturated carbocycles. The Morgan fingerprint density at radius 3 is 2.29 bits per heavy atom. The van der Waals surface area contributed by atoms with Crippen molar-refractivity contribution in [3.8, 4) is 11.1 Å². The topological polar surface area (TPSA) is 63.4 Å². The van der Waals surface area contributed by atoms with E-state index in [-0.39, 0.29) is 18.0 Å². The quantitative estimate of drug-likeness (QED) is 0.410. The molecule has 180 valence electrons. The minimum Gasteiger partial charge on any atom is -0.368 e. The predicted octanol–water partition coefficient (Wildman–Crippen LogP) is 4.01. The van der Waals surface area contributed by atoms with Gasteiger partial charge in [-0.15, -0.1) is 0 Å². The number of aromatic nitrogens is 3. The van der Waals surface area contributed by atoms with Crippen molar-refractivity contribution in [3.63, 3.8) is 0 Å². The first-order valence-corrected chi connectivity index (χ1v) is 12.4. The number of hydrogen-bond acceptors (Lipinski definition) is 4. The van der Waals surface area contributed by atoms with Gasteiger partial charge in [0.05, 0.1) is 6.33 Å². The van der Waals surface area contributed by atoms with Gasteiger partial charge in [0.15, 0.2) is 0 Å². The van der Waals surface area contributed by atoms with Gasteiger partial charge in [0, 0.05) is 50.2 Å². The molecule has 3 heterocycles. The minimum atomic E-state index is -0.0904. The number of hydrogen-bond donors (Lipinski definition) is 0. The van der Waals surface area contributed by atoms with Crippen LogP contribution in [0.2, 0.25) is 0 Å². The lowest BCUT2D eigenvalue weighted by Gasteiger charge is -2.36. The van der Waals surface area contributed by atoms with E-state index >= 15 is 0 Å². The Hall–Kier alpha value is -3.87. The van der Waals surface area contributed by atoms with Crippen LogP contribution in [0.15, 0.2) is 78.0 Å². The van der Waals surface area contributed by atoms with Crippen LogP contribution in [0, 0.1) is 0 Å². The zero-order valence-corrected chi connectivity index (χ0v) is 20.1. The highest BCUT2D eigenvalue weighted by Gasteiger charge is 2.24. The van der Waals surface area contributed by atoms with Crippen molar-refractivity contribution in [1.82, 2.24) is 19.0 Å². The average molecular weight is 470 g/mol. The molecule has 0 atom stereocenters. The summed E-state index contributed by atoms with van der Waals surface area (Å²) in [5, 5.41) is 0. The van der Waals surface area contributed by atoms with Crippen LogP contribution in [0.5, 0.6) is 0 Å². The van der Waals surface area contributed by atoms with Gasteiger partial charge in [0.2, 0.25) is 5.91 Å². The number of fused-ring (bicyclic) bond motifs is 1. The molecule has 0 bridgehead atoms. The Morgan fingerprint density at radius 1 is 0.914 bits per heavy atom. The van der Waals surface area contributed by atoms with Gasteiger partial charge in [-0.3, -0.25) is 14.2 Å². The lowest BCUT2D eigenvalue weighted by atomic mass is 10.1. The average Bonchev–Trinajstić information content (AvgIpc) is 3.28. The van der Waals surface area contributed by atoms with E-state index in [1.807, 2.05) is 59.6 Å². The van der Waals surface area contributed by atoms with Crippen LogP contribution in [0.25, 0.3) is 22.2 Å². The SMILES string of the molecule is CCCCn1cnc2c(-c3ccccc3)cn(CC(=O)N3CCN(c4ccccc4)CC3)c2c1=O. The van der Waals surface area contributed by atoms with E-state index < -0.39 is 0 Å². The first-order valence-electron chi connectivity index (χ1n) is 12.4. The van der Waals surface area contributed by atoms with Gasteiger partial charge in [-0.2, -0.15) is 0 Å². The van der Waals surface area contributed by atoms with Crippen LogP contribution in [0.4, 0.5) is 5.69 Å². The molecular weight excluding hydrogens is 438 g/mol. The number of piperazine rings is 1. The summed E-state index contributed by atoms with van der Waals surface area (Å²) in [5.74, 6) is 0.0255. The van der Waals surface area contributed by atoms with Crippen molar-refractivity contribution < 1.29 is 4.79 Å². The lowest BCUT2D eigenvalue weighted by molar-refractivity contribution is -0.132. The number of unbranched alkanes of at least 4 members (excludes halogenated alkanes) is 1. The van der Waals surface area contributed by atoms with Gasteiger partial charge in [0.25, 0.3) is 5.56 Å². The molecule has 2 aromatic carbocycles. The Balaban J connectivity index is 1.42. The second kappa shape index (κ2) is 10.2. The maximum atomic E-state index is 13.4. The molecule has 5 rings (SSSR count). The smallest absolute Gasteiger partial charge is 0.277 e. The van der Waals surface area contributed by atoms with E-state index in [4.69, 9.17) is 0 Å². The van der Waals surface area contributed by atoms with E-state index in [2.05, 4.69) is 28.9 Å². The Bertz CT molecular complexity index is 1350. The number of amides is 1. The third-order valence-corrected chi connectivity index (χ3v) is 6.74. The lowest BCUT2D eigenvalue weighted by Crippen LogP contribution is -2.49. The molecule has 0 radical (unpaired) electrons. The van der Waals surface area contributed by atoms with Gasteiger partial charge in [-0.25, -0.2) is 4.98 Å². The van der Waals surface area contributed by atoms with E-state index in [1.165, 1.54) is 5.69 Å². The monoisotopic (exact) mass is 469 g/mol. The van der Waals surface area contributed by atoms with Gasteiger partial charge in [-0.1, -0.05) is 61.9 Å². The summed E-state index contributed by atoms with van der Waals surface area (Å²) in [7, 11) is 0. The van der Waals surface area contributed by atoms with Gasteiger partial charge < -0.3 is 14.4 Å². The molecule has 0 unspecified atom stereocenters. The molecule has 1 saturated heterocycles. The number of rotatable bonds is 7. The fraction of sp³-hybridized carbons (Fsp3) is 0.321. The zero-order valence-electron chi connectivity index (χ0n) is 20.1. The molecular formula is C28H31N5O2. The highest BCUT2D eigenvalue weighted by molar-refractivity contribution is 5.93. The summed E-state index contributed by atoms with van der Waals surface area (Å²) in [4.78, 5) is 35.6. The first kappa shape index (κ1) is 22.9. The normalized spacial score (nSPS) is 14.0. The number of nitrogens with zero attached hydrogens (tertiary/aromatic N) is 5. The molecule has 0 aliphatic carbocycles. The largest absolute Gasteiger partial charge is 0.368 e. The van der Waals surface area contributed by atoms with Crippen LogP contribution in [-0.2, 0) is 17.9 Å². The molecule has 1 fully saturated rings. The van der Waals surface area contributed by atoms with Crippen molar-refractivity contribution in [3.05, 3.63) is 83.5 Å². The predicted molar refractivity (Wildman–Crippen MR) is 140 cm³/mol. The standard InChI is InChI=1S/C28H31N5O2/c1-2-3-14-32-21-29-26-24(22-10-6-4-7-11-22)19-33(27(26)28(32)35)20-25(34)31-17-15-30(16-18-31)23-12-8-5-9-13-23/h4-13,19,21H,2-3,14-18,20H2,1H3. The summed E-state index contributed by atoms with van der Waals surface area (Å²) in [6.45, 7) is 5.77. The third-order valence-electron chi connectivity index (χ3n) is 6.74. The number of benzene rings is 2. The van der Waals surface area contributed by atoms with Crippen LogP contribution in [0.1, 0.15) is 19.8 Å². The van der Waals surface area contributed by atoms with E-state index in [1.54, 1.807) is 15.5 Å². The third kappa shape index (κ3) is 4.71. The number of carbonyl (C=O) groups is 1. The van der Waals surface area contributed by atoms with Crippen molar-refractivity contribution in [2.45, 2.75) is 32.9 Å². The molecule has 0 N–H and O–H groups in total. The Morgan fingerprint density at radius 2 is 1.60 bits per heavy atom. The summed E-state index contributed by atoms with van der Waals surface area (Å²) in [6.07, 6.45) is 5.45. The molecule has 7 heteroatoms. The van der Waals surface area contributed by atoms with Crippen molar-refractivity contribution >= 4 is 22.6 Å². The first-order chi connectivity index (χ1) is 17.2. The Labute approximate surface area is 205 Å². The highest BCUT2D eigenvalue weighted by Crippen LogP contribution is 2.28. The second-order valence-electron chi connectivity index (χ2n) is 9.03. The number of aryl methyl sites for hydroxylation is 1. The summed E-state index contributed by atoms with van der Waals surface area (Å²) in [6, 6.07) is 20.2. The fourth-order valence-corrected chi connectivity index (χ4v) is 4.76. The molecule has 1 amide bonds. The number of para-hydroxylation sites is 1. The maximum absolute atomic E-state index is 13.4. The molecule has 1 aliphatic heterocycles. The molecule has 2 aromatic heterocycles. The highest BCUT2D eigenvalue weighted by atomic mass is 16.2. The van der Waals surface area contributed by atoms with E-state index in [9.17, 15) is 9.59 Å². The van der Waals surface area contributed by atoms with Crippen LogP contribution in [0.3, 0.4) is 0 Å². The van der Waals surface area contributed by atoms with Crippen molar-refractivity contribution in [1.29, 1.82) is 0 Å².